The fraction of sp³-hybridized carbons (Fsp3) is 0.540. The summed E-state index contributed by atoms with van der Waals surface area (Å²) in [6.07, 6.45) is 3.31. The SMILES string of the molecule is CCCc1cc2oc3cc(=[NH+]CC)c(C)cc-3c(-c3cc(C(=O)CCCOCCOCCNC(=O)OCCC(C)(C)SSCOCCCCOC(=O)CCC#CC4=CC([C@H]5C[C@H](OCS(C)=S)[C@@H](COP(=O)(O)OP(=O)(O)OP(=O)(O)O)O5)C(=O)NC4=O)ccc3C(=O)O)c2cc1C. The quantitative estimate of drug-likeness (QED) is 0.00244. The molecule has 8 N–H and O–H groups in total. The highest BCUT2D eigenvalue weighted by molar-refractivity contribution is 8.77. The van der Waals surface area contributed by atoms with E-state index in [1.165, 1.54) is 22.9 Å². The van der Waals surface area contributed by atoms with E-state index in [1.54, 1.807) is 29.2 Å². The molecule has 3 aliphatic heterocycles. The number of amides is 3. The molecule has 1 aliphatic carbocycles. The summed E-state index contributed by atoms with van der Waals surface area (Å²) >= 11 is 5.17. The minimum atomic E-state index is -5.79. The highest BCUT2D eigenvalue weighted by Gasteiger charge is 2.46. The number of hydrogen-bond acceptors (Lipinski definition) is 23. The van der Waals surface area contributed by atoms with Crippen LogP contribution in [-0.2, 0) is 101 Å². The Hall–Kier alpha value is -5.07. The van der Waals surface area contributed by atoms with Gasteiger partial charge in [0.1, 0.15) is 29.9 Å². The molecule has 4 aliphatic rings. The number of ketones is 1. The number of aromatic carboxylic acids is 1. The lowest BCUT2D eigenvalue weighted by Crippen LogP contribution is -2.76. The number of unbranched alkanes of at least 4 members (excludes halogenated alkanes) is 1. The Labute approximate surface area is 582 Å². The zero-order valence-electron chi connectivity index (χ0n) is 55.4. The average Bonchev–Trinajstić information content (AvgIpc) is 0.822. The Balaban J connectivity index is 0.795. The van der Waals surface area contributed by atoms with Crippen molar-refractivity contribution in [2.24, 2.45) is 5.92 Å². The van der Waals surface area contributed by atoms with Crippen LogP contribution in [0.4, 0.5) is 4.79 Å². The number of carbonyl (C=O) groups excluding carboxylic acids is 5. The van der Waals surface area contributed by atoms with E-state index in [9.17, 15) is 57.4 Å². The van der Waals surface area contributed by atoms with E-state index in [2.05, 4.69) is 49.1 Å². The van der Waals surface area contributed by atoms with Crippen molar-refractivity contribution in [1.29, 1.82) is 0 Å². The van der Waals surface area contributed by atoms with Crippen LogP contribution < -0.4 is 21.0 Å². The third-order valence-electron chi connectivity index (χ3n) is 14.8. The van der Waals surface area contributed by atoms with E-state index in [0.29, 0.717) is 79.4 Å². The number of rotatable bonds is 41. The lowest BCUT2D eigenvalue weighted by Gasteiger charge is -2.24. The predicted octanol–water partition coefficient (Wildman–Crippen LogP) is 7.58. The number of benzene rings is 3. The molecule has 3 heterocycles. The summed E-state index contributed by atoms with van der Waals surface area (Å²) in [6.45, 7) is 14.2. The molecule has 540 valence electrons. The van der Waals surface area contributed by atoms with Gasteiger partial charge in [-0.05, 0) is 137 Å². The number of aryl methyl sites for hydroxylation is 3. The maximum atomic E-state index is 13.7. The molecule has 2 aromatic carbocycles. The van der Waals surface area contributed by atoms with Crippen LogP contribution in [0.15, 0.2) is 58.5 Å². The molecule has 0 radical (unpaired) electrons. The molecular formula is C63H85N3O25P3S4+. The number of phosphoric acid groups is 3. The standard InChI is InChI=1S/C63H84N3O25P3S4/c1-8-15-42-34-52-47(30-40(42)3)58(48-31-41(4)50(64-9-2)35-53(48)88-52)46-32-43(19-20-45(46)61(71)72)51(67)17-14-24-81-28-29-82-27-22-65-62(73)85-26-21-63(5,6)97-96-38-83-23-12-13-25-84-57(68)18-11-10-16-44-33-49(60(70)66-59(44)69)54-36-55(86-39-98(7)95)56(89-54)37-87-93(77,78)91-94(79,80)90-92(74,75)76/h19-20,30-35,49,54-56H,8-9,11-15,17-18,21-29,36-39H2,1-7H3,(H,65,73)(H,71,72)(H,77,78)(H,79,80)(H,66,69,70)(H2,74,75,76)/p+1/t49?,54-,55+,56-,98?/m1/s1. The zero-order chi connectivity index (χ0) is 71.8. The number of Topliss-reactive ketones (excluding diaryl/α,β-unsaturated/α-hetero) is 1. The maximum Gasteiger partial charge on any atom is 0.490 e. The molecule has 1 saturated heterocycles. The summed E-state index contributed by atoms with van der Waals surface area (Å²) in [5.74, 6) is 1.95. The van der Waals surface area contributed by atoms with Crippen molar-refractivity contribution in [2.75, 3.05) is 84.1 Å². The van der Waals surface area contributed by atoms with Crippen molar-refractivity contribution in [3.05, 3.63) is 87.3 Å². The van der Waals surface area contributed by atoms with E-state index in [1.807, 2.05) is 52.8 Å². The summed E-state index contributed by atoms with van der Waals surface area (Å²) in [7, 11) is -14.5. The minimum absolute atomic E-state index is 0.0174. The average molecular weight is 1510 g/mol. The van der Waals surface area contributed by atoms with Gasteiger partial charge in [-0.25, -0.2) is 28.3 Å². The van der Waals surface area contributed by atoms with E-state index in [0.717, 1.165) is 45.8 Å². The van der Waals surface area contributed by atoms with Crippen molar-refractivity contribution < 1.29 is 123 Å². The fourth-order valence-electron chi connectivity index (χ4n) is 10.2. The second-order valence-corrected chi connectivity index (χ2v) is 33.7. The number of hydrogen-bond donors (Lipinski definition) is 8. The largest absolute Gasteiger partial charge is 0.490 e. The second-order valence-electron chi connectivity index (χ2n) is 23.2. The van der Waals surface area contributed by atoms with Crippen LogP contribution >= 0.6 is 45.1 Å². The van der Waals surface area contributed by atoms with Crippen LogP contribution in [0.25, 0.3) is 33.4 Å². The van der Waals surface area contributed by atoms with Crippen molar-refractivity contribution in [2.45, 2.75) is 129 Å². The van der Waals surface area contributed by atoms with Gasteiger partial charge in [-0.3, -0.25) is 29.0 Å². The number of phosphoric ester groups is 1. The molecule has 28 nitrogen and oxygen atoms in total. The number of imide groups is 1. The monoisotopic (exact) mass is 1500 g/mol. The molecule has 98 heavy (non-hydrogen) atoms. The number of carboxylic acids is 1. The van der Waals surface area contributed by atoms with Gasteiger partial charge in [0.25, 0.3) is 5.91 Å². The zero-order valence-corrected chi connectivity index (χ0v) is 61.3. The Morgan fingerprint density at radius 2 is 1.60 bits per heavy atom. The lowest BCUT2D eigenvalue weighted by atomic mass is 9.87. The fourth-order valence-corrected chi connectivity index (χ4v) is 16.0. The van der Waals surface area contributed by atoms with Gasteiger partial charge in [-0.1, -0.05) is 62.3 Å². The number of esters is 1. The number of carboxylic acid groups (broad SMARTS) is 1. The van der Waals surface area contributed by atoms with Gasteiger partial charge in [0, 0.05) is 71.4 Å². The van der Waals surface area contributed by atoms with Gasteiger partial charge in [-0.15, -0.1) is 0 Å². The van der Waals surface area contributed by atoms with Crippen molar-refractivity contribution in [3.63, 3.8) is 0 Å². The second kappa shape index (κ2) is 39.4. The van der Waals surface area contributed by atoms with Crippen molar-refractivity contribution >= 4 is 112 Å². The molecular weight excluding hydrogens is 1420 g/mol. The highest BCUT2D eigenvalue weighted by Crippen LogP contribution is 2.66. The van der Waals surface area contributed by atoms with Crippen LogP contribution in [-0.4, -0.2) is 167 Å². The maximum absolute atomic E-state index is 13.7. The van der Waals surface area contributed by atoms with Crippen molar-refractivity contribution in [1.82, 2.24) is 10.6 Å². The Kier molecular flexibility index (Phi) is 32.9. The minimum Gasteiger partial charge on any atom is -0.478 e. The van der Waals surface area contributed by atoms with Gasteiger partial charge in [-0.2, -0.15) is 8.62 Å². The molecule has 7 atom stereocenters. The van der Waals surface area contributed by atoms with Gasteiger partial charge in [0.2, 0.25) is 11.3 Å². The molecule has 4 unspecified atom stereocenters. The lowest BCUT2D eigenvalue weighted by molar-refractivity contribution is -0.496. The molecule has 6 rings (SSSR count). The molecule has 0 saturated carbocycles. The Bertz CT molecular complexity index is 3790. The molecule has 3 amide bonds. The van der Waals surface area contributed by atoms with Gasteiger partial charge in [0.15, 0.2) is 5.78 Å². The van der Waals surface area contributed by atoms with Crippen LogP contribution in [0.2, 0.25) is 0 Å². The molecule has 35 heteroatoms. The third kappa shape index (κ3) is 27.0. The predicted molar refractivity (Wildman–Crippen MR) is 368 cm³/mol. The van der Waals surface area contributed by atoms with Crippen LogP contribution in [0, 0.1) is 31.6 Å². The summed E-state index contributed by atoms with van der Waals surface area (Å²) in [5.41, 5.74) is 6.07. The smallest absolute Gasteiger partial charge is 0.478 e. The van der Waals surface area contributed by atoms with E-state index in [4.69, 9.17) is 63.1 Å². The number of fused-ring (bicyclic) bond motifs is 2. The van der Waals surface area contributed by atoms with Gasteiger partial charge >= 0.3 is 41.5 Å². The Morgan fingerprint density at radius 1 is 0.867 bits per heavy atom. The first-order valence-electron chi connectivity index (χ1n) is 31.4. The highest BCUT2D eigenvalue weighted by atomic mass is 33.1. The molecule has 1 fully saturated rings. The van der Waals surface area contributed by atoms with Crippen molar-refractivity contribution in [3.8, 4) is 34.3 Å². The molecule has 0 bridgehead atoms. The first-order valence-corrected chi connectivity index (χ1v) is 40.9. The van der Waals surface area contributed by atoms with Crippen LogP contribution in [0.1, 0.15) is 123 Å². The Morgan fingerprint density at radius 3 is 2.32 bits per heavy atom. The van der Waals surface area contributed by atoms with E-state index >= 15 is 0 Å². The normalized spacial score (nSPS) is 18.3. The number of alkyl carbamates (subject to hydrolysis) is 1. The first-order chi connectivity index (χ1) is 46.4. The summed E-state index contributed by atoms with van der Waals surface area (Å²) < 4.78 is 93.1. The van der Waals surface area contributed by atoms with Crippen LogP contribution in [0.5, 0.6) is 0 Å². The first kappa shape index (κ1) is 81.9. The third-order valence-corrected chi connectivity index (χ3v) is 22.4. The van der Waals surface area contributed by atoms with Crippen LogP contribution in [0.3, 0.4) is 0 Å². The summed E-state index contributed by atoms with van der Waals surface area (Å²) in [5, 5.41) is 17.0. The summed E-state index contributed by atoms with van der Waals surface area (Å²) in [6, 6.07) is 12.8. The molecule has 0 aromatic heterocycles. The summed E-state index contributed by atoms with van der Waals surface area (Å²) in [4.78, 5) is 117. The number of carbonyl (C=O) groups is 6. The molecule has 0 spiro atoms. The number of nitrogens with one attached hydrogen (secondary N) is 3. The van der Waals surface area contributed by atoms with Gasteiger partial charge in [0.05, 0.1) is 87.3 Å². The van der Waals surface area contributed by atoms with E-state index in [-0.39, 0.29) is 92.9 Å². The van der Waals surface area contributed by atoms with E-state index < -0.39 is 93.6 Å². The number of ether oxygens (including phenoxy) is 7. The van der Waals surface area contributed by atoms with Gasteiger partial charge < -0.3 is 67.6 Å². The molecule has 2 aromatic rings. The topological polar surface area (TPSA) is 398 Å².